The molecule has 0 radical (unpaired) electrons. The molecule has 1 aromatic carbocycles. The van der Waals surface area contributed by atoms with Gasteiger partial charge >= 0.3 is 6.03 Å². The molecule has 0 unspecified atom stereocenters. The minimum atomic E-state index is -0.874. The van der Waals surface area contributed by atoms with Crippen LogP contribution in [0.5, 0.6) is 0 Å². The number of halogens is 2. The molecular formula is C18H21BrFN3O3. The summed E-state index contributed by atoms with van der Waals surface area (Å²) in [5.74, 6) is -0.906. The highest BCUT2D eigenvalue weighted by Gasteiger charge is 2.49. The van der Waals surface area contributed by atoms with Crippen LogP contribution in [0.4, 0.5) is 9.18 Å². The molecule has 2 aliphatic rings. The standard InChI is InChI=1S/C18H21BrFN3O3/c1-2-23(10-12-9-13(19)3-4-14(12)20)15(24)11-5-7-18(8-6-11)16(25)21-17(26)22-18/h3-4,9,11H,2,5-8,10H2,1H3,(H2,21,22,25,26). The molecule has 0 aromatic heterocycles. The number of amides is 4. The Kier molecular flexibility index (Phi) is 5.32. The second-order valence-electron chi connectivity index (χ2n) is 6.85. The van der Waals surface area contributed by atoms with Crippen LogP contribution in [-0.4, -0.2) is 34.8 Å². The number of hydrogen-bond acceptors (Lipinski definition) is 3. The maximum atomic E-state index is 14.0. The summed E-state index contributed by atoms with van der Waals surface area (Å²) in [5, 5.41) is 4.96. The van der Waals surface area contributed by atoms with Crippen molar-refractivity contribution in [1.29, 1.82) is 0 Å². The highest BCUT2D eigenvalue weighted by atomic mass is 79.9. The monoisotopic (exact) mass is 425 g/mol. The maximum absolute atomic E-state index is 14.0. The fraction of sp³-hybridized carbons (Fsp3) is 0.500. The van der Waals surface area contributed by atoms with Crippen molar-refractivity contribution in [1.82, 2.24) is 15.5 Å². The third-order valence-electron chi connectivity index (χ3n) is 5.27. The molecule has 0 bridgehead atoms. The van der Waals surface area contributed by atoms with Gasteiger partial charge in [-0.1, -0.05) is 15.9 Å². The van der Waals surface area contributed by atoms with Crippen molar-refractivity contribution in [3.05, 3.63) is 34.1 Å². The summed E-state index contributed by atoms with van der Waals surface area (Å²) in [4.78, 5) is 37.9. The van der Waals surface area contributed by atoms with Crippen LogP contribution in [0.2, 0.25) is 0 Å². The van der Waals surface area contributed by atoms with Crippen LogP contribution >= 0.6 is 15.9 Å². The Morgan fingerprint density at radius 3 is 2.62 bits per heavy atom. The van der Waals surface area contributed by atoms with Gasteiger partial charge in [-0.25, -0.2) is 9.18 Å². The Bertz CT molecular complexity index is 747. The largest absolute Gasteiger partial charge is 0.338 e. The van der Waals surface area contributed by atoms with Gasteiger partial charge in [0.05, 0.1) is 0 Å². The van der Waals surface area contributed by atoms with E-state index in [4.69, 9.17) is 0 Å². The average molecular weight is 426 g/mol. The second kappa shape index (κ2) is 7.34. The number of urea groups is 1. The maximum Gasteiger partial charge on any atom is 0.322 e. The van der Waals surface area contributed by atoms with Gasteiger partial charge in [0.2, 0.25) is 5.91 Å². The van der Waals surface area contributed by atoms with Crippen molar-refractivity contribution >= 4 is 33.8 Å². The predicted octanol–water partition coefficient (Wildman–Crippen LogP) is 2.71. The zero-order valence-electron chi connectivity index (χ0n) is 14.5. The molecule has 8 heteroatoms. The molecule has 1 spiro atoms. The van der Waals surface area contributed by atoms with Crippen molar-refractivity contribution in [2.24, 2.45) is 5.92 Å². The molecule has 6 nitrogen and oxygen atoms in total. The van der Waals surface area contributed by atoms with Crippen molar-refractivity contribution in [3.63, 3.8) is 0 Å². The Morgan fingerprint density at radius 1 is 1.35 bits per heavy atom. The van der Waals surface area contributed by atoms with E-state index in [-0.39, 0.29) is 30.1 Å². The summed E-state index contributed by atoms with van der Waals surface area (Å²) in [6.45, 7) is 2.55. The lowest BCUT2D eigenvalue weighted by molar-refractivity contribution is -0.139. The molecule has 1 saturated heterocycles. The molecule has 140 valence electrons. The first kappa shape index (κ1) is 18.8. The number of nitrogens with zero attached hydrogens (tertiary/aromatic N) is 1. The van der Waals surface area contributed by atoms with Crippen molar-refractivity contribution in [2.45, 2.75) is 44.7 Å². The van der Waals surface area contributed by atoms with Gasteiger partial charge in [0.15, 0.2) is 0 Å². The molecule has 2 fully saturated rings. The molecule has 4 amide bonds. The SMILES string of the molecule is CCN(Cc1cc(Br)ccc1F)C(=O)C1CCC2(CC1)NC(=O)NC2=O. The average Bonchev–Trinajstić information content (AvgIpc) is 2.89. The Labute approximate surface area is 159 Å². The molecule has 1 saturated carbocycles. The molecule has 1 aliphatic carbocycles. The van der Waals surface area contributed by atoms with Gasteiger partial charge in [-0.3, -0.25) is 14.9 Å². The highest BCUT2D eigenvalue weighted by molar-refractivity contribution is 9.10. The normalized spacial score (nSPS) is 25.1. The summed E-state index contributed by atoms with van der Waals surface area (Å²) in [7, 11) is 0. The van der Waals surface area contributed by atoms with E-state index in [0.717, 1.165) is 4.47 Å². The minimum Gasteiger partial charge on any atom is -0.338 e. The van der Waals surface area contributed by atoms with Gasteiger partial charge in [0.25, 0.3) is 5.91 Å². The van der Waals surface area contributed by atoms with Crippen LogP contribution in [0.25, 0.3) is 0 Å². The number of benzene rings is 1. The van der Waals surface area contributed by atoms with E-state index in [1.807, 2.05) is 6.92 Å². The molecule has 26 heavy (non-hydrogen) atoms. The lowest BCUT2D eigenvalue weighted by Gasteiger charge is -2.36. The van der Waals surface area contributed by atoms with Crippen LogP contribution in [0.3, 0.4) is 0 Å². The molecule has 1 aliphatic heterocycles. The van der Waals surface area contributed by atoms with Crippen molar-refractivity contribution in [3.8, 4) is 0 Å². The van der Waals surface area contributed by atoms with Crippen LogP contribution in [0.1, 0.15) is 38.2 Å². The van der Waals surface area contributed by atoms with Gasteiger partial charge in [0.1, 0.15) is 11.4 Å². The van der Waals surface area contributed by atoms with E-state index in [1.54, 1.807) is 17.0 Å². The summed E-state index contributed by atoms with van der Waals surface area (Å²) in [6, 6.07) is 4.21. The van der Waals surface area contributed by atoms with E-state index in [1.165, 1.54) is 6.07 Å². The summed E-state index contributed by atoms with van der Waals surface area (Å²) in [5.41, 5.74) is -0.411. The van der Waals surface area contributed by atoms with Gasteiger partial charge in [-0.05, 0) is 50.8 Å². The fourth-order valence-electron chi connectivity index (χ4n) is 3.71. The molecule has 1 heterocycles. The Balaban J connectivity index is 1.66. The molecular weight excluding hydrogens is 405 g/mol. The Morgan fingerprint density at radius 2 is 2.04 bits per heavy atom. The fourth-order valence-corrected chi connectivity index (χ4v) is 4.12. The molecule has 0 atom stereocenters. The zero-order chi connectivity index (χ0) is 18.9. The topological polar surface area (TPSA) is 78.5 Å². The van der Waals surface area contributed by atoms with Crippen LogP contribution in [-0.2, 0) is 16.1 Å². The smallest absolute Gasteiger partial charge is 0.322 e. The van der Waals surface area contributed by atoms with Gasteiger partial charge < -0.3 is 10.2 Å². The van der Waals surface area contributed by atoms with Crippen molar-refractivity contribution in [2.75, 3.05) is 6.54 Å². The highest BCUT2D eigenvalue weighted by Crippen LogP contribution is 2.35. The number of hydrogen-bond donors (Lipinski definition) is 2. The number of carbonyl (C=O) groups excluding carboxylic acids is 3. The third-order valence-corrected chi connectivity index (χ3v) is 5.76. The van der Waals surface area contributed by atoms with Gasteiger partial charge in [0, 0.05) is 29.0 Å². The van der Waals surface area contributed by atoms with E-state index >= 15 is 0 Å². The summed E-state index contributed by atoms with van der Waals surface area (Å²) in [6.07, 6.45) is 1.90. The molecule has 1 aromatic rings. The molecule has 3 rings (SSSR count). The lowest BCUT2D eigenvalue weighted by Crippen LogP contribution is -2.51. The first-order chi connectivity index (χ1) is 12.3. The van der Waals surface area contributed by atoms with E-state index in [0.29, 0.717) is 37.8 Å². The number of rotatable bonds is 4. The number of carbonyl (C=O) groups is 3. The predicted molar refractivity (Wildman–Crippen MR) is 96.6 cm³/mol. The first-order valence-corrected chi connectivity index (χ1v) is 9.50. The van der Waals surface area contributed by atoms with Crippen LogP contribution in [0.15, 0.2) is 22.7 Å². The first-order valence-electron chi connectivity index (χ1n) is 8.71. The molecule has 2 N–H and O–H groups in total. The van der Waals surface area contributed by atoms with E-state index in [2.05, 4.69) is 26.6 Å². The van der Waals surface area contributed by atoms with E-state index in [9.17, 15) is 18.8 Å². The van der Waals surface area contributed by atoms with Crippen molar-refractivity contribution < 1.29 is 18.8 Å². The summed E-state index contributed by atoms with van der Waals surface area (Å²) >= 11 is 3.32. The second-order valence-corrected chi connectivity index (χ2v) is 7.77. The zero-order valence-corrected chi connectivity index (χ0v) is 16.1. The van der Waals surface area contributed by atoms with Crippen LogP contribution < -0.4 is 10.6 Å². The van der Waals surface area contributed by atoms with Gasteiger partial charge in [-0.15, -0.1) is 0 Å². The van der Waals surface area contributed by atoms with E-state index < -0.39 is 11.6 Å². The van der Waals surface area contributed by atoms with Gasteiger partial charge in [-0.2, -0.15) is 0 Å². The number of imide groups is 1. The Hall–Kier alpha value is -1.96. The van der Waals surface area contributed by atoms with Crippen LogP contribution in [0, 0.1) is 11.7 Å². The summed E-state index contributed by atoms with van der Waals surface area (Å²) < 4.78 is 14.8. The quantitative estimate of drug-likeness (QED) is 0.727. The minimum absolute atomic E-state index is 0.0357. The lowest BCUT2D eigenvalue weighted by atomic mass is 9.76. The number of nitrogens with one attached hydrogen (secondary N) is 2. The third kappa shape index (κ3) is 3.60.